The number of nitrogens with zero attached hydrogens (tertiary/aromatic N) is 3. The molecule has 1 aromatic heterocycles. The molecule has 4 aromatic carbocycles. The van der Waals surface area contributed by atoms with Crippen molar-refractivity contribution in [3.05, 3.63) is 118 Å². The van der Waals surface area contributed by atoms with Crippen molar-refractivity contribution in [3.8, 4) is 11.3 Å². The van der Waals surface area contributed by atoms with Gasteiger partial charge in [0.05, 0.1) is 33.2 Å². The molecule has 0 unspecified atom stereocenters. The van der Waals surface area contributed by atoms with Gasteiger partial charge in [-0.05, 0) is 73.2 Å². The van der Waals surface area contributed by atoms with Crippen LogP contribution in [0.1, 0.15) is 15.9 Å². The van der Waals surface area contributed by atoms with E-state index in [0.717, 1.165) is 16.6 Å². The lowest BCUT2D eigenvalue weighted by Crippen LogP contribution is -2.15. The Morgan fingerprint density at radius 2 is 1.47 bits per heavy atom. The van der Waals surface area contributed by atoms with Crippen LogP contribution in [0.25, 0.3) is 22.2 Å². The van der Waals surface area contributed by atoms with Crippen LogP contribution in [0, 0.1) is 6.92 Å². The van der Waals surface area contributed by atoms with E-state index in [4.69, 9.17) is 28.2 Å². The van der Waals surface area contributed by atoms with E-state index in [1.54, 1.807) is 36.4 Å². The van der Waals surface area contributed by atoms with Crippen LogP contribution < -0.4 is 5.32 Å². The maximum Gasteiger partial charge on any atom is 0.256 e. The number of pyridine rings is 1. The number of halogens is 2. The summed E-state index contributed by atoms with van der Waals surface area (Å²) >= 11 is 12.6. The summed E-state index contributed by atoms with van der Waals surface area (Å²) in [4.78, 5) is 18.3. The topological polar surface area (TPSA) is 66.7 Å². The van der Waals surface area contributed by atoms with Crippen molar-refractivity contribution in [2.45, 2.75) is 6.92 Å². The number of carbonyl (C=O) groups excluding carboxylic acids is 1. The van der Waals surface area contributed by atoms with Crippen molar-refractivity contribution in [2.24, 2.45) is 10.2 Å². The van der Waals surface area contributed by atoms with E-state index in [1.165, 1.54) is 0 Å². The highest BCUT2D eigenvalue weighted by Gasteiger charge is 2.20. The van der Waals surface area contributed by atoms with E-state index in [-0.39, 0.29) is 5.91 Å². The zero-order chi connectivity index (χ0) is 25.1. The van der Waals surface area contributed by atoms with Crippen molar-refractivity contribution >= 4 is 57.1 Å². The van der Waals surface area contributed by atoms with E-state index in [1.807, 2.05) is 67.6 Å². The molecular formula is C29H20Cl2N4O. The zero-order valence-electron chi connectivity index (χ0n) is 19.2. The highest BCUT2D eigenvalue weighted by atomic mass is 35.5. The number of fused-ring (bicyclic) bond motifs is 1. The summed E-state index contributed by atoms with van der Waals surface area (Å²) in [6, 6.07) is 29.5. The molecule has 176 valence electrons. The molecule has 0 saturated carbocycles. The van der Waals surface area contributed by atoms with Gasteiger partial charge >= 0.3 is 0 Å². The van der Waals surface area contributed by atoms with Gasteiger partial charge in [-0.1, -0.05) is 59.6 Å². The number of amides is 1. The number of hydrogen-bond acceptors (Lipinski definition) is 4. The standard InChI is InChI=1S/C29H20Cl2N4O/c1-18-27(24-9-5-6-10-26(24)33-28(18)23-16-11-19(30)17-25(23)31)29(36)32-20-12-14-22(15-13-20)35-34-21-7-3-2-4-8-21/h2-17H,1H3,(H,32,36). The number of anilines is 1. The molecule has 0 bridgehead atoms. The van der Waals surface area contributed by atoms with Crippen LogP contribution in [0.5, 0.6) is 0 Å². The van der Waals surface area contributed by atoms with Gasteiger partial charge in [0.15, 0.2) is 0 Å². The van der Waals surface area contributed by atoms with Gasteiger partial charge in [-0.15, -0.1) is 0 Å². The fraction of sp³-hybridized carbons (Fsp3) is 0.0345. The van der Waals surface area contributed by atoms with Crippen LogP contribution in [-0.2, 0) is 0 Å². The molecule has 36 heavy (non-hydrogen) atoms. The Hall–Kier alpha value is -4.06. The Balaban J connectivity index is 1.47. The quantitative estimate of drug-likeness (QED) is 0.239. The molecule has 7 heteroatoms. The van der Waals surface area contributed by atoms with Crippen LogP contribution >= 0.6 is 23.2 Å². The van der Waals surface area contributed by atoms with Crippen molar-refractivity contribution in [1.29, 1.82) is 0 Å². The maximum atomic E-state index is 13.5. The summed E-state index contributed by atoms with van der Waals surface area (Å²) in [5.74, 6) is -0.240. The van der Waals surface area contributed by atoms with Gasteiger partial charge in [0.1, 0.15) is 0 Å². The van der Waals surface area contributed by atoms with Gasteiger partial charge in [0.25, 0.3) is 5.91 Å². The largest absolute Gasteiger partial charge is 0.322 e. The third-order valence-corrected chi connectivity index (χ3v) is 6.26. The number of nitrogens with one attached hydrogen (secondary N) is 1. The van der Waals surface area contributed by atoms with E-state index in [9.17, 15) is 4.79 Å². The molecule has 1 heterocycles. The van der Waals surface area contributed by atoms with Gasteiger partial charge < -0.3 is 5.32 Å². The highest BCUT2D eigenvalue weighted by Crippen LogP contribution is 2.35. The Kier molecular flexibility index (Phi) is 6.76. The van der Waals surface area contributed by atoms with Crippen LogP contribution in [0.4, 0.5) is 17.1 Å². The second kappa shape index (κ2) is 10.3. The van der Waals surface area contributed by atoms with Crippen molar-refractivity contribution in [3.63, 3.8) is 0 Å². The summed E-state index contributed by atoms with van der Waals surface area (Å²) in [7, 11) is 0. The SMILES string of the molecule is Cc1c(-c2ccc(Cl)cc2Cl)nc2ccccc2c1C(=O)Nc1ccc(N=Nc2ccccc2)cc1. The molecule has 5 nitrogen and oxygen atoms in total. The van der Waals surface area contributed by atoms with E-state index in [2.05, 4.69) is 15.5 Å². The molecule has 1 amide bonds. The summed E-state index contributed by atoms with van der Waals surface area (Å²) in [6.45, 7) is 1.88. The lowest BCUT2D eigenvalue weighted by atomic mass is 9.97. The number of para-hydroxylation sites is 1. The van der Waals surface area contributed by atoms with Crippen LogP contribution in [0.15, 0.2) is 107 Å². The third-order valence-electron chi connectivity index (χ3n) is 5.71. The smallest absolute Gasteiger partial charge is 0.256 e. The molecule has 0 aliphatic rings. The lowest BCUT2D eigenvalue weighted by Gasteiger charge is -2.15. The Morgan fingerprint density at radius 1 is 0.806 bits per heavy atom. The first-order valence-electron chi connectivity index (χ1n) is 11.2. The van der Waals surface area contributed by atoms with E-state index in [0.29, 0.717) is 43.8 Å². The van der Waals surface area contributed by atoms with Gasteiger partial charge in [-0.3, -0.25) is 4.79 Å². The predicted molar refractivity (Wildman–Crippen MR) is 147 cm³/mol. The second-order valence-electron chi connectivity index (χ2n) is 8.14. The maximum absolute atomic E-state index is 13.5. The summed E-state index contributed by atoms with van der Waals surface area (Å²) in [6.07, 6.45) is 0. The molecule has 0 fully saturated rings. The molecule has 0 aliphatic carbocycles. The first kappa shape index (κ1) is 23.7. The highest BCUT2D eigenvalue weighted by molar-refractivity contribution is 6.36. The minimum absolute atomic E-state index is 0.240. The molecule has 5 rings (SSSR count). The van der Waals surface area contributed by atoms with Crippen molar-refractivity contribution in [2.75, 3.05) is 5.32 Å². The first-order valence-corrected chi connectivity index (χ1v) is 12.0. The molecule has 0 saturated heterocycles. The van der Waals surface area contributed by atoms with E-state index < -0.39 is 0 Å². The summed E-state index contributed by atoms with van der Waals surface area (Å²) < 4.78 is 0. The minimum Gasteiger partial charge on any atom is -0.322 e. The number of azo groups is 1. The molecule has 1 N–H and O–H groups in total. The molecule has 0 spiro atoms. The Bertz CT molecular complexity index is 1600. The molecule has 0 aliphatic heterocycles. The van der Waals surface area contributed by atoms with Crippen molar-refractivity contribution in [1.82, 2.24) is 4.98 Å². The molecule has 5 aromatic rings. The zero-order valence-corrected chi connectivity index (χ0v) is 20.8. The monoisotopic (exact) mass is 510 g/mol. The fourth-order valence-electron chi connectivity index (χ4n) is 3.96. The third kappa shape index (κ3) is 4.98. The van der Waals surface area contributed by atoms with Gasteiger partial charge in [0, 0.05) is 21.7 Å². The number of rotatable bonds is 5. The van der Waals surface area contributed by atoms with Crippen molar-refractivity contribution < 1.29 is 4.79 Å². The normalized spacial score (nSPS) is 11.2. The van der Waals surface area contributed by atoms with Crippen LogP contribution in [0.3, 0.4) is 0 Å². The number of benzene rings is 4. The summed E-state index contributed by atoms with van der Waals surface area (Å²) in [5.41, 5.74) is 5.41. The molecule has 0 atom stereocenters. The number of carbonyl (C=O) groups is 1. The Labute approximate surface area is 218 Å². The van der Waals surface area contributed by atoms with Crippen LogP contribution in [-0.4, -0.2) is 10.9 Å². The fourth-order valence-corrected chi connectivity index (χ4v) is 4.46. The minimum atomic E-state index is -0.240. The predicted octanol–water partition coefficient (Wildman–Crippen LogP) is 9.18. The van der Waals surface area contributed by atoms with Gasteiger partial charge in [-0.2, -0.15) is 10.2 Å². The van der Waals surface area contributed by atoms with Gasteiger partial charge in [-0.25, -0.2) is 4.98 Å². The lowest BCUT2D eigenvalue weighted by molar-refractivity contribution is 0.102. The number of aromatic nitrogens is 1. The molecule has 0 radical (unpaired) electrons. The van der Waals surface area contributed by atoms with Gasteiger partial charge in [0.2, 0.25) is 0 Å². The summed E-state index contributed by atoms with van der Waals surface area (Å²) in [5, 5.41) is 13.2. The second-order valence-corrected chi connectivity index (χ2v) is 8.98. The first-order chi connectivity index (χ1) is 17.5. The van der Waals surface area contributed by atoms with E-state index >= 15 is 0 Å². The van der Waals surface area contributed by atoms with Crippen LogP contribution in [0.2, 0.25) is 10.0 Å². The Morgan fingerprint density at radius 3 is 2.19 bits per heavy atom. The number of hydrogen-bond donors (Lipinski definition) is 1. The average molecular weight is 511 g/mol. The molecular weight excluding hydrogens is 491 g/mol. The average Bonchev–Trinajstić information content (AvgIpc) is 2.89.